The molecule has 1 aromatic rings. The number of benzene rings is 1. The highest BCUT2D eigenvalue weighted by Crippen LogP contribution is 2.29. The van der Waals surface area contributed by atoms with E-state index in [1.165, 1.54) is 24.0 Å². The molecule has 1 aliphatic carbocycles. The highest BCUT2D eigenvalue weighted by molar-refractivity contribution is 5.74. The van der Waals surface area contributed by atoms with Gasteiger partial charge in [-0.05, 0) is 38.2 Å². The summed E-state index contributed by atoms with van der Waals surface area (Å²) in [5.74, 6) is 0.737. The molecular weight excluding hydrogens is 260 g/mol. The van der Waals surface area contributed by atoms with Gasteiger partial charge in [-0.15, -0.1) is 0 Å². The number of aryl methyl sites for hydroxylation is 1. The maximum absolute atomic E-state index is 12.3. The number of hydrogen-bond donors (Lipinski definition) is 1. The van der Waals surface area contributed by atoms with Crippen LogP contribution in [0, 0.1) is 12.8 Å². The summed E-state index contributed by atoms with van der Waals surface area (Å²) in [6.45, 7) is 10.9. The molecule has 0 saturated heterocycles. The molecule has 1 aromatic carbocycles. The van der Waals surface area contributed by atoms with Crippen molar-refractivity contribution in [1.29, 1.82) is 0 Å². The average molecular weight is 288 g/mol. The Morgan fingerprint density at radius 3 is 2.43 bits per heavy atom. The standard InChI is InChI=1S/C18H28N2O/c1-5-20(12-15-8-9-15)17(21)19-13-18(3,4)16-10-6-14(2)7-11-16/h6-7,10-11,15H,5,8-9,12-13H2,1-4H3,(H,19,21). The Morgan fingerprint density at radius 2 is 1.90 bits per heavy atom. The second-order valence-electron chi connectivity index (χ2n) is 6.89. The van der Waals surface area contributed by atoms with Crippen LogP contribution in [-0.4, -0.2) is 30.6 Å². The van der Waals surface area contributed by atoms with E-state index in [0.29, 0.717) is 6.54 Å². The number of carbonyl (C=O) groups excluding carboxylic acids is 1. The monoisotopic (exact) mass is 288 g/mol. The molecule has 0 unspecified atom stereocenters. The number of amides is 2. The summed E-state index contributed by atoms with van der Waals surface area (Å²) in [5, 5.41) is 3.11. The van der Waals surface area contributed by atoms with Gasteiger partial charge in [-0.25, -0.2) is 4.79 Å². The summed E-state index contributed by atoms with van der Waals surface area (Å²) in [6.07, 6.45) is 2.55. The van der Waals surface area contributed by atoms with Gasteiger partial charge in [0.1, 0.15) is 0 Å². The minimum atomic E-state index is -0.0532. The van der Waals surface area contributed by atoms with Crippen LogP contribution in [0.2, 0.25) is 0 Å². The highest BCUT2D eigenvalue weighted by Gasteiger charge is 2.27. The first-order chi connectivity index (χ1) is 9.92. The zero-order valence-corrected chi connectivity index (χ0v) is 13.8. The average Bonchev–Trinajstić information content (AvgIpc) is 3.27. The molecule has 1 saturated carbocycles. The smallest absolute Gasteiger partial charge is 0.317 e. The largest absolute Gasteiger partial charge is 0.337 e. The van der Waals surface area contributed by atoms with Gasteiger partial charge in [0.25, 0.3) is 0 Å². The van der Waals surface area contributed by atoms with Crippen LogP contribution < -0.4 is 5.32 Å². The third-order valence-electron chi connectivity index (χ3n) is 4.36. The quantitative estimate of drug-likeness (QED) is 0.850. The molecule has 2 rings (SSSR count). The molecule has 0 atom stereocenters. The van der Waals surface area contributed by atoms with Crippen molar-refractivity contribution in [3.05, 3.63) is 35.4 Å². The topological polar surface area (TPSA) is 32.3 Å². The van der Waals surface area contributed by atoms with E-state index in [2.05, 4.69) is 50.4 Å². The predicted molar refractivity (Wildman–Crippen MR) is 87.6 cm³/mol. The normalized spacial score (nSPS) is 14.9. The molecule has 21 heavy (non-hydrogen) atoms. The molecule has 0 bridgehead atoms. The van der Waals surface area contributed by atoms with Crippen molar-refractivity contribution in [2.24, 2.45) is 5.92 Å². The van der Waals surface area contributed by atoms with Crippen molar-refractivity contribution >= 4 is 6.03 Å². The number of nitrogens with zero attached hydrogens (tertiary/aromatic N) is 1. The molecule has 3 heteroatoms. The van der Waals surface area contributed by atoms with Gasteiger partial charge in [0, 0.05) is 25.0 Å². The fourth-order valence-corrected chi connectivity index (χ4v) is 2.48. The van der Waals surface area contributed by atoms with Crippen LogP contribution in [0.25, 0.3) is 0 Å². The van der Waals surface area contributed by atoms with Gasteiger partial charge in [0.15, 0.2) is 0 Å². The van der Waals surface area contributed by atoms with Crippen molar-refractivity contribution in [3.63, 3.8) is 0 Å². The van der Waals surface area contributed by atoms with Crippen molar-refractivity contribution in [2.75, 3.05) is 19.6 Å². The minimum Gasteiger partial charge on any atom is -0.337 e. The minimum absolute atomic E-state index is 0.0532. The zero-order chi connectivity index (χ0) is 15.5. The van der Waals surface area contributed by atoms with Crippen LogP contribution in [0.3, 0.4) is 0 Å². The van der Waals surface area contributed by atoms with E-state index in [0.717, 1.165) is 19.0 Å². The Balaban J connectivity index is 1.90. The van der Waals surface area contributed by atoms with Gasteiger partial charge < -0.3 is 10.2 Å². The number of urea groups is 1. The van der Waals surface area contributed by atoms with E-state index in [-0.39, 0.29) is 11.4 Å². The lowest BCUT2D eigenvalue weighted by Gasteiger charge is -2.28. The van der Waals surface area contributed by atoms with E-state index in [9.17, 15) is 4.79 Å². The Hall–Kier alpha value is -1.51. The molecule has 1 fully saturated rings. The van der Waals surface area contributed by atoms with Crippen LogP contribution >= 0.6 is 0 Å². The molecule has 0 heterocycles. The molecular formula is C18H28N2O. The molecule has 116 valence electrons. The second kappa shape index (κ2) is 6.50. The number of rotatable bonds is 6. The van der Waals surface area contributed by atoms with E-state index in [1.807, 2.05) is 11.8 Å². The van der Waals surface area contributed by atoms with Gasteiger partial charge in [-0.1, -0.05) is 43.7 Å². The molecule has 0 aliphatic heterocycles. The maximum atomic E-state index is 12.3. The summed E-state index contributed by atoms with van der Waals surface area (Å²) in [4.78, 5) is 14.2. The summed E-state index contributed by atoms with van der Waals surface area (Å²) in [7, 11) is 0. The summed E-state index contributed by atoms with van der Waals surface area (Å²) < 4.78 is 0. The van der Waals surface area contributed by atoms with Crippen LogP contribution in [0.4, 0.5) is 4.79 Å². The lowest BCUT2D eigenvalue weighted by Crippen LogP contribution is -2.45. The van der Waals surface area contributed by atoms with Crippen molar-refractivity contribution in [3.8, 4) is 0 Å². The van der Waals surface area contributed by atoms with Gasteiger partial charge in [0.2, 0.25) is 0 Å². The Kier molecular flexibility index (Phi) is 4.92. The van der Waals surface area contributed by atoms with Gasteiger partial charge in [-0.2, -0.15) is 0 Å². The third kappa shape index (κ3) is 4.48. The molecule has 2 amide bonds. The molecule has 1 N–H and O–H groups in total. The molecule has 0 radical (unpaired) electrons. The summed E-state index contributed by atoms with van der Waals surface area (Å²) >= 11 is 0. The Morgan fingerprint density at radius 1 is 1.29 bits per heavy atom. The van der Waals surface area contributed by atoms with Crippen LogP contribution in [-0.2, 0) is 5.41 Å². The van der Waals surface area contributed by atoms with E-state index >= 15 is 0 Å². The molecule has 1 aliphatic rings. The zero-order valence-electron chi connectivity index (χ0n) is 13.8. The lowest BCUT2D eigenvalue weighted by molar-refractivity contribution is 0.196. The number of hydrogen-bond acceptors (Lipinski definition) is 1. The van der Waals surface area contributed by atoms with Gasteiger partial charge in [0.05, 0.1) is 0 Å². The molecule has 0 spiro atoms. The maximum Gasteiger partial charge on any atom is 0.317 e. The van der Waals surface area contributed by atoms with Crippen molar-refractivity contribution in [2.45, 2.75) is 46.0 Å². The first-order valence-corrected chi connectivity index (χ1v) is 8.02. The van der Waals surface area contributed by atoms with E-state index < -0.39 is 0 Å². The summed E-state index contributed by atoms with van der Waals surface area (Å²) in [6, 6.07) is 8.64. The van der Waals surface area contributed by atoms with Crippen molar-refractivity contribution in [1.82, 2.24) is 10.2 Å². The fraction of sp³-hybridized carbons (Fsp3) is 0.611. The molecule has 3 nitrogen and oxygen atoms in total. The first kappa shape index (κ1) is 15.9. The molecule has 0 aromatic heterocycles. The van der Waals surface area contributed by atoms with Crippen LogP contribution in [0.5, 0.6) is 0 Å². The summed E-state index contributed by atoms with van der Waals surface area (Å²) in [5.41, 5.74) is 2.47. The van der Waals surface area contributed by atoms with Crippen LogP contribution in [0.15, 0.2) is 24.3 Å². The predicted octanol–water partition coefficient (Wildman–Crippen LogP) is 3.71. The van der Waals surface area contributed by atoms with Gasteiger partial charge in [-0.3, -0.25) is 0 Å². The number of carbonyl (C=O) groups is 1. The Labute approximate surface area is 128 Å². The van der Waals surface area contributed by atoms with E-state index in [1.54, 1.807) is 0 Å². The SMILES string of the molecule is CCN(CC1CC1)C(=O)NCC(C)(C)c1ccc(C)cc1. The Bertz CT molecular complexity index is 474. The first-order valence-electron chi connectivity index (χ1n) is 8.02. The second-order valence-corrected chi connectivity index (χ2v) is 6.89. The third-order valence-corrected chi connectivity index (χ3v) is 4.36. The van der Waals surface area contributed by atoms with Gasteiger partial charge >= 0.3 is 6.03 Å². The van der Waals surface area contributed by atoms with E-state index in [4.69, 9.17) is 0 Å². The number of nitrogens with one attached hydrogen (secondary N) is 1. The highest BCUT2D eigenvalue weighted by atomic mass is 16.2. The lowest BCUT2D eigenvalue weighted by atomic mass is 9.84. The van der Waals surface area contributed by atoms with Crippen molar-refractivity contribution < 1.29 is 4.79 Å². The van der Waals surface area contributed by atoms with Crippen LogP contribution in [0.1, 0.15) is 44.7 Å². The fourth-order valence-electron chi connectivity index (χ4n) is 2.48.